The lowest BCUT2D eigenvalue weighted by atomic mass is 10.0. The van der Waals surface area contributed by atoms with Crippen LogP contribution in [0.25, 0.3) is 44.6 Å². The smallest absolute Gasteiger partial charge is 0.264 e. The Morgan fingerprint density at radius 1 is 0.725 bits per heavy atom. The van der Waals surface area contributed by atoms with Crippen molar-refractivity contribution in [3.63, 3.8) is 0 Å². The predicted octanol–water partition coefficient (Wildman–Crippen LogP) is 5.40. The first kappa shape index (κ1) is 28.0. The number of hydrogen-bond acceptors (Lipinski definition) is 6. The van der Waals surface area contributed by atoms with Gasteiger partial charge in [-0.2, -0.15) is 16.8 Å². The molecule has 10 nitrogen and oxygen atoms in total. The second kappa shape index (κ2) is 10.8. The second-order valence-electron chi connectivity index (χ2n) is 10.1. The maximum Gasteiger partial charge on any atom is 0.264 e. The SMILES string of the molecule is CC(CCS(=O)(=O)O)n1cnc2cc(-c3ccc4nc(-c5ccccc5)n(C(C)CCS(=O)(=O)O)c4c3)ccc21. The summed E-state index contributed by atoms with van der Waals surface area (Å²) < 4.78 is 67.7. The molecule has 2 heterocycles. The molecule has 210 valence electrons. The summed E-state index contributed by atoms with van der Waals surface area (Å²) in [6.45, 7) is 3.79. The lowest BCUT2D eigenvalue weighted by Crippen LogP contribution is -2.13. The Morgan fingerprint density at radius 2 is 1.35 bits per heavy atom. The first-order valence-corrected chi connectivity index (χ1v) is 16.1. The zero-order valence-corrected chi connectivity index (χ0v) is 23.7. The van der Waals surface area contributed by atoms with Gasteiger partial charge < -0.3 is 9.13 Å². The van der Waals surface area contributed by atoms with Gasteiger partial charge in [0, 0.05) is 17.6 Å². The van der Waals surface area contributed by atoms with E-state index in [0.717, 1.165) is 38.8 Å². The van der Waals surface area contributed by atoms with Crippen molar-refractivity contribution in [2.45, 2.75) is 38.8 Å². The number of fused-ring (bicyclic) bond motifs is 2. The van der Waals surface area contributed by atoms with Crippen LogP contribution in [0.15, 0.2) is 73.1 Å². The largest absolute Gasteiger partial charge is 0.328 e. The van der Waals surface area contributed by atoms with Gasteiger partial charge in [-0.3, -0.25) is 9.11 Å². The van der Waals surface area contributed by atoms with Crippen molar-refractivity contribution >= 4 is 42.3 Å². The highest BCUT2D eigenvalue weighted by molar-refractivity contribution is 7.86. The number of rotatable bonds is 10. The lowest BCUT2D eigenvalue weighted by Gasteiger charge is -2.18. The molecular weight excluding hydrogens is 552 g/mol. The Balaban J connectivity index is 1.54. The van der Waals surface area contributed by atoms with Crippen LogP contribution >= 0.6 is 0 Å². The highest BCUT2D eigenvalue weighted by Gasteiger charge is 2.20. The Bertz CT molecular complexity index is 1900. The molecule has 3 aromatic carbocycles. The average molecular weight is 583 g/mol. The lowest BCUT2D eigenvalue weighted by molar-refractivity contribution is 0.466. The van der Waals surface area contributed by atoms with Gasteiger partial charge in [-0.25, -0.2) is 9.97 Å². The van der Waals surface area contributed by atoms with Gasteiger partial charge in [0.2, 0.25) is 0 Å². The van der Waals surface area contributed by atoms with Crippen LogP contribution in [0, 0.1) is 0 Å². The molecule has 0 radical (unpaired) electrons. The summed E-state index contributed by atoms with van der Waals surface area (Å²) in [5.74, 6) is 0.0282. The van der Waals surface area contributed by atoms with Crippen LogP contribution in [-0.4, -0.2) is 56.5 Å². The molecular formula is C28H30N4O6S2. The van der Waals surface area contributed by atoms with Crippen molar-refractivity contribution in [3.05, 3.63) is 73.1 Å². The van der Waals surface area contributed by atoms with Crippen LogP contribution in [-0.2, 0) is 20.2 Å². The van der Waals surface area contributed by atoms with Gasteiger partial charge in [0.1, 0.15) is 5.82 Å². The van der Waals surface area contributed by atoms with Crippen LogP contribution in [0.5, 0.6) is 0 Å². The van der Waals surface area contributed by atoms with Gasteiger partial charge in [-0.15, -0.1) is 0 Å². The zero-order valence-electron chi connectivity index (χ0n) is 22.0. The molecule has 0 aliphatic rings. The van der Waals surface area contributed by atoms with Crippen molar-refractivity contribution in [1.29, 1.82) is 0 Å². The second-order valence-corrected chi connectivity index (χ2v) is 13.2. The van der Waals surface area contributed by atoms with Crippen LogP contribution < -0.4 is 0 Å². The Kier molecular flexibility index (Phi) is 7.53. The molecule has 12 heteroatoms. The van der Waals surface area contributed by atoms with Crippen molar-refractivity contribution in [3.8, 4) is 22.5 Å². The normalized spacial score (nSPS) is 14.1. The number of benzene rings is 3. The third-order valence-electron chi connectivity index (χ3n) is 7.13. The maximum atomic E-state index is 11.5. The zero-order chi connectivity index (χ0) is 28.7. The van der Waals surface area contributed by atoms with E-state index in [9.17, 15) is 21.4 Å². The summed E-state index contributed by atoms with van der Waals surface area (Å²) in [5.41, 5.74) is 5.94. The number of aromatic nitrogens is 4. The van der Waals surface area contributed by atoms with Crippen molar-refractivity contribution in [1.82, 2.24) is 19.1 Å². The van der Waals surface area contributed by atoms with Crippen LogP contribution in [0.2, 0.25) is 0 Å². The number of hydrogen-bond donors (Lipinski definition) is 2. The minimum Gasteiger partial charge on any atom is -0.328 e. The van der Waals surface area contributed by atoms with E-state index >= 15 is 0 Å². The van der Waals surface area contributed by atoms with Gasteiger partial charge in [-0.1, -0.05) is 42.5 Å². The van der Waals surface area contributed by atoms with Crippen molar-refractivity contribution < 1.29 is 25.9 Å². The van der Waals surface area contributed by atoms with E-state index in [0.29, 0.717) is 5.82 Å². The standard InChI is InChI=1S/C28H30N4O6S2/c1-19(12-14-39(33,34)35)31-18-29-25-16-22(9-11-26(25)31)23-8-10-24-27(17-23)32(20(2)13-15-40(36,37)38)28(30-24)21-6-4-3-5-7-21/h3-11,16-20H,12-15H2,1-2H3,(H,33,34,35)(H,36,37,38). The molecule has 2 N–H and O–H groups in total. The molecule has 2 aromatic heterocycles. The molecule has 0 amide bonds. The molecule has 40 heavy (non-hydrogen) atoms. The molecule has 0 bridgehead atoms. The van der Waals surface area contributed by atoms with Crippen LogP contribution in [0.1, 0.15) is 38.8 Å². The summed E-state index contributed by atoms with van der Waals surface area (Å²) in [6.07, 6.45) is 2.14. The Labute approximate surface area is 232 Å². The summed E-state index contributed by atoms with van der Waals surface area (Å²) in [7, 11) is -8.16. The molecule has 0 aliphatic heterocycles. The minimum absolute atomic E-state index is 0.177. The third-order valence-corrected chi connectivity index (χ3v) is 8.64. The maximum absolute atomic E-state index is 11.5. The van der Waals surface area contributed by atoms with Gasteiger partial charge in [0.15, 0.2) is 0 Å². The van der Waals surface area contributed by atoms with Gasteiger partial charge in [-0.05, 0) is 62.1 Å². The van der Waals surface area contributed by atoms with E-state index in [1.54, 1.807) is 6.33 Å². The molecule has 0 saturated heterocycles. The molecule has 0 saturated carbocycles. The fourth-order valence-electron chi connectivity index (χ4n) is 4.98. The first-order valence-electron chi connectivity index (χ1n) is 12.8. The first-order chi connectivity index (χ1) is 18.9. The summed E-state index contributed by atoms with van der Waals surface area (Å²) >= 11 is 0. The minimum atomic E-state index is -4.11. The fraction of sp³-hybridized carbons (Fsp3) is 0.286. The van der Waals surface area contributed by atoms with Crippen LogP contribution in [0.3, 0.4) is 0 Å². The van der Waals surface area contributed by atoms with Crippen molar-refractivity contribution in [2.75, 3.05) is 11.5 Å². The van der Waals surface area contributed by atoms with Crippen molar-refractivity contribution in [2.24, 2.45) is 0 Å². The van der Waals surface area contributed by atoms with Gasteiger partial charge >= 0.3 is 0 Å². The highest BCUT2D eigenvalue weighted by Crippen LogP contribution is 2.34. The van der Waals surface area contributed by atoms with E-state index in [1.807, 2.05) is 89.7 Å². The monoisotopic (exact) mass is 582 g/mol. The molecule has 0 fully saturated rings. The molecule has 0 aliphatic carbocycles. The third kappa shape index (κ3) is 6.09. The van der Waals surface area contributed by atoms with E-state index in [1.165, 1.54) is 0 Å². The quantitative estimate of drug-likeness (QED) is 0.208. The number of imidazole rings is 2. The highest BCUT2D eigenvalue weighted by atomic mass is 32.2. The molecule has 2 atom stereocenters. The number of nitrogens with zero attached hydrogens (tertiary/aromatic N) is 4. The van der Waals surface area contributed by atoms with Gasteiger partial charge in [0.05, 0.1) is 39.9 Å². The van der Waals surface area contributed by atoms with E-state index in [2.05, 4.69) is 4.98 Å². The summed E-state index contributed by atoms with van der Waals surface area (Å²) in [4.78, 5) is 9.39. The molecule has 5 rings (SSSR count). The van der Waals surface area contributed by atoms with E-state index in [4.69, 9.17) is 9.54 Å². The topological polar surface area (TPSA) is 144 Å². The molecule has 5 aromatic rings. The Morgan fingerprint density at radius 3 is 2.02 bits per heavy atom. The summed E-state index contributed by atoms with van der Waals surface area (Å²) in [6, 6.07) is 21.0. The Hall–Kier alpha value is -3.58. The molecule has 0 spiro atoms. The van der Waals surface area contributed by atoms with Crippen LogP contribution in [0.4, 0.5) is 0 Å². The predicted molar refractivity (Wildman–Crippen MR) is 155 cm³/mol. The van der Waals surface area contributed by atoms with E-state index < -0.39 is 20.2 Å². The molecule has 2 unspecified atom stereocenters. The van der Waals surface area contributed by atoms with E-state index in [-0.39, 0.29) is 36.4 Å². The average Bonchev–Trinajstić information content (AvgIpc) is 3.51. The fourth-order valence-corrected chi connectivity index (χ4v) is 6.26. The summed E-state index contributed by atoms with van der Waals surface area (Å²) in [5, 5.41) is 0. The van der Waals surface area contributed by atoms with Gasteiger partial charge in [0.25, 0.3) is 20.2 Å².